The van der Waals surface area contributed by atoms with Gasteiger partial charge in [0.1, 0.15) is 18.5 Å². The van der Waals surface area contributed by atoms with Gasteiger partial charge in [-0.3, -0.25) is 0 Å². The first-order chi connectivity index (χ1) is 15.2. The van der Waals surface area contributed by atoms with Gasteiger partial charge in [0.15, 0.2) is 0 Å². The number of amides is 2. The zero-order valence-electron chi connectivity index (χ0n) is 17.5. The topological polar surface area (TPSA) is 89.7 Å². The third-order valence-corrected chi connectivity index (χ3v) is 5.12. The van der Waals surface area contributed by atoms with Crippen molar-refractivity contribution in [2.45, 2.75) is 25.6 Å². The molecule has 162 valence electrons. The highest BCUT2D eigenvalue weighted by Gasteiger charge is 2.27. The van der Waals surface area contributed by atoms with Crippen molar-refractivity contribution >= 4 is 6.03 Å². The molecule has 1 aromatic heterocycles. The molecule has 8 nitrogen and oxygen atoms in total. The molecule has 0 radical (unpaired) electrons. The number of rotatable bonds is 8. The summed E-state index contributed by atoms with van der Waals surface area (Å²) in [4.78, 5) is 18.5. The van der Waals surface area contributed by atoms with Crippen LogP contribution in [0.15, 0.2) is 59.1 Å². The van der Waals surface area contributed by atoms with E-state index < -0.39 is 0 Å². The predicted octanol–water partition coefficient (Wildman–Crippen LogP) is 3.29. The predicted molar refractivity (Wildman–Crippen MR) is 115 cm³/mol. The standard InChI is InChI=1S/C23H26N4O4/c1-29-16-21-25-22(26-31-21)18-7-9-19(10-8-18)30-20-12-14-27(15-20)23(28)24-13-11-17-5-3-2-4-6-17/h2-10,20H,11-16H2,1H3,(H,24,28). The highest BCUT2D eigenvalue weighted by atomic mass is 16.5. The van der Waals surface area contributed by atoms with Gasteiger partial charge in [0.05, 0.1) is 6.54 Å². The van der Waals surface area contributed by atoms with Crippen LogP contribution in [0.5, 0.6) is 5.75 Å². The summed E-state index contributed by atoms with van der Waals surface area (Å²) in [5.41, 5.74) is 2.05. The second-order valence-corrected chi connectivity index (χ2v) is 7.41. The van der Waals surface area contributed by atoms with Crippen LogP contribution in [0.4, 0.5) is 4.79 Å². The van der Waals surface area contributed by atoms with E-state index in [0.717, 1.165) is 24.2 Å². The molecule has 0 spiro atoms. The summed E-state index contributed by atoms with van der Waals surface area (Å²) in [6.07, 6.45) is 1.60. The van der Waals surface area contributed by atoms with Crippen molar-refractivity contribution in [1.82, 2.24) is 20.4 Å². The number of urea groups is 1. The molecule has 0 bridgehead atoms. The third-order valence-electron chi connectivity index (χ3n) is 5.12. The molecular weight excluding hydrogens is 396 g/mol. The second kappa shape index (κ2) is 10.1. The molecule has 2 aromatic carbocycles. The van der Waals surface area contributed by atoms with Crippen molar-refractivity contribution in [3.05, 3.63) is 66.1 Å². The van der Waals surface area contributed by atoms with Crippen LogP contribution in [-0.2, 0) is 17.8 Å². The van der Waals surface area contributed by atoms with E-state index in [1.165, 1.54) is 5.56 Å². The Hall–Kier alpha value is -3.39. The van der Waals surface area contributed by atoms with Crippen LogP contribution >= 0.6 is 0 Å². The molecule has 1 N–H and O–H groups in total. The summed E-state index contributed by atoms with van der Waals surface area (Å²) in [7, 11) is 1.58. The lowest BCUT2D eigenvalue weighted by Gasteiger charge is -2.18. The van der Waals surface area contributed by atoms with E-state index in [1.54, 1.807) is 12.0 Å². The molecule has 8 heteroatoms. The summed E-state index contributed by atoms with van der Waals surface area (Å²) in [6.45, 7) is 2.16. The van der Waals surface area contributed by atoms with Gasteiger partial charge < -0.3 is 24.2 Å². The number of nitrogens with zero attached hydrogens (tertiary/aromatic N) is 3. The van der Waals surface area contributed by atoms with Crippen molar-refractivity contribution in [2.24, 2.45) is 0 Å². The lowest BCUT2D eigenvalue weighted by Crippen LogP contribution is -2.40. The summed E-state index contributed by atoms with van der Waals surface area (Å²) in [6, 6.07) is 17.6. The van der Waals surface area contributed by atoms with Crippen LogP contribution in [0.3, 0.4) is 0 Å². The summed E-state index contributed by atoms with van der Waals surface area (Å²) < 4.78 is 16.2. The molecule has 1 fully saturated rings. The molecule has 0 aliphatic carbocycles. The summed E-state index contributed by atoms with van der Waals surface area (Å²) in [5.74, 6) is 1.70. The van der Waals surface area contributed by atoms with Crippen molar-refractivity contribution in [3.63, 3.8) is 0 Å². The van der Waals surface area contributed by atoms with Gasteiger partial charge >= 0.3 is 6.03 Å². The van der Waals surface area contributed by atoms with E-state index in [0.29, 0.717) is 31.3 Å². The zero-order chi connectivity index (χ0) is 21.5. The molecular formula is C23H26N4O4. The van der Waals surface area contributed by atoms with Gasteiger partial charge in [-0.05, 0) is 36.2 Å². The lowest BCUT2D eigenvalue weighted by molar-refractivity contribution is 0.151. The molecule has 1 aliphatic rings. The highest BCUT2D eigenvalue weighted by molar-refractivity contribution is 5.74. The van der Waals surface area contributed by atoms with E-state index in [9.17, 15) is 4.79 Å². The number of benzene rings is 2. The van der Waals surface area contributed by atoms with E-state index in [4.69, 9.17) is 14.0 Å². The van der Waals surface area contributed by atoms with Gasteiger partial charge in [-0.25, -0.2) is 4.79 Å². The average Bonchev–Trinajstić information content (AvgIpc) is 3.45. The van der Waals surface area contributed by atoms with E-state index in [2.05, 4.69) is 27.6 Å². The Morgan fingerprint density at radius 1 is 1.19 bits per heavy atom. The van der Waals surface area contributed by atoms with Gasteiger partial charge in [0, 0.05) is 32.2 Å². The smallest absolute Gasteiger partial charge is 0.317 e. The Balaban J connectivity index is 1.23. The normalized spacial score (nSPS) is 15.8. The molecule has 2 heterocycles. The number of methoxy groups -OCH3 is 1. The van der Waals surface area contributed by atoms with E-state index in [1.807, 2.05) is 42.5 Å². The Morgan fingerprint density at radius 3 is 2.77 bits per heavy atom. The van der Waals surface area contributed by atoms with Crippen LogP contribution in [0.25, 0.3) is 11.4 Å². The van der Waals surface area contributed by atoms with Gasteiger partial charge in [-0.1, -0.05) is 35.5 Å². The van der Waals surface area contributed by atoms with Gasteiger partial charge in [-0.15, -0.1) is 0 Å². The Bertz CT molecular complexity index is 975. The van der Waals surface area contributed by atoms with Crippen LogP contribution in [-0.4, -0.2) is 53.9 Å². The monoisotopic (exact) mass is 422 g/mol. The van der Waals surface area contributed by atoms with Crippen molar-refractivity contribution in [1.29, 1.82) is 0 Å². The van der Waals surface area contributed by atoms with Gasteiger partial charge in [-0.2, -0.15) is 4.98 Å². The molecule has 31 heavy (non-hydrogen) atoms. The van der Waals surface area contributed by atoms with Crippen molar-refractivity contribution in [3.8, 4) is 17.1 Å². The van der Waals surface area contributed by atoms with E-state index >= 15 is 0 Å². The zero-order valence-corrected chi connectivity index (χ0v) is 17.5. The fraction of sp³-hybridized carbons (Fsp3) is 0.348. The Kier molecular flexibility index (Phi) is 6.78. The van der Waals surface area contributed by atoms with Crippen LogP contribution in [0.2, 0.25) is 0 Å². The third kappa shape index (κ3) is 5.61. The largest absolute Gasteiger partial charge is 0.489 e. The average molecular weight is 422 g/mol. The lowest BCUT2D eigenvalue weighted by atomic mass is 10.1. The van der Waals surface area contributed by atoms with Crippen molar-refractivity contribution < 1.29 is 18.8 Å². The minimum Gasteiger partial charge on any atom is -0.489 e. The Labute approximate surface area is 181 Å². The minimum atomic E-state index is -0.0404. The first kappa shape index (κ1) is 20.9. The molecule has 0 saturated carbocycles. The number of likely N-dealkylation sites (tertiary alicyclic amines) is 1. The first-order valence-electron chi connectivity index (χ1n) is 10.4. The molecule has 1 unspecified atom stereocenters. The highest BCUT2D eigenvalue weighted by Crippen LogP contribution is 2.23. The molecule has 1 aliphatic heterocycles. The number of ether oxygens (including phenoxy) is 2. The van der Waals surface area contributed by atoms with Crippen molar-refractivity contribution in [2.75, 3.05) is 26.7 Å². The molecule has 1 atom stereocenters. The molecule has 3 aromatic rings. The first-order valence-corrected chi connectivity index (χ1v) is 10.4. The Morgan fingerprint density at radius 2 is 2.00 bits per heavy atom. The minimum absolute atomic E-state index is 0.0239. The van der Waals surface area contributed by atoms with Crippen LogP contribution < -0.4 is 10.1 Å². The molecule has 2 amide bonds. The quantitative estimate of drug-likeness (QED) is 0.599. The number of carbonyl (C=O) groups excluding carboxylic acids is 1. The van der Waals surface area contributed by atoms with E-state index in [-0.39, 0.29) is 18.7 Å². The number of nitrogens with one attached hydrogen (secondary N) is 1. The summed E-state index contributed by atoms with van der Waals surface area (Å²) >= 11 is 0. The molecule has 4 rings (SSSR count). The number of aromatic nitrogens is 2. The van der Waals surface area contributed by atoms with Gasteiger partial charge in [0.2, 0.25) is 5.82 Å². The van der Waals surface area contributed by atoms with Crippen LogP contribution in [0, 0.1) is 0 Å². The number of carbonyl (C=O) groups is 1. The maximum absolute atomic E-state index is 12.4. The maximum Gasteiger partial charge on any atom is 0.317 e. The van der Waals surface area contributed by atoms with Crippen LogP contribution in [0.1, 0.15) is 17.9 Å². The molecule has 1 saturated heterocycles. The number of hydrogen-bond donors (Lipinski definition) is 1. The fourth-order valence-electron chi connectivity index (χ4n) is 3.51. The fourth-order valence-corrected chi connectivity index (χ4v) is 3.51. The maximum atomic E-state index is 12.4. The second-order valence-electron chi connectivity index (χ2n) is 7.41. The number of hydrogen-bond acceptors (Lipinski definition) is 6. The van der Waals surface area contributed by atoms with Gasteiger partial charge in [0.25, 0.3) is 5.89 Å². The summed E-state index contributed by atoms with van der Waals surface area (Å²) in [5, 5.41) is 6.95. The SMILES string of the molecule is COCc1nc(-c2ccc(OC3CCN(C(=O)NCCc4ccccc4)C3)cc2)no1.